The summed E-state index contributed by atoms with van der Waals surface area (Å²) in [5.74, 6) is -2.50. The molecule has 0 unspecified atom stereocenters. The smallest absolute Gasteiger partial charge is 0.335 e. The van der Waals surface area contributed by atoms with Crippen molar-refractivity contribution in [2.24, 2.45) is 10.3 Å². The number of primary sulfonamides is 2. The first-order chi connectivity index (χ1) is 22.2. The van der Waals surface area contributed by atoms with Crippen LogP contribution in [0, 0.1) is 0 Å². The maximum atomic E-state index is 12.1. The third-order valence-electron chi connectivity index (χ3n) is 6.03. The molecule has 0 aliphatic carbocycles. The lowest BCUT2D eigenvalue weighted by Gasteiger charge is -2.25. The summed E-state index contributed by atoms with van der Waals surface area (Å²) in [4.78, 5) is 22.6. The number of aromatic carboxylic acids is 2. The van der Waals surface area contributed by atoms with Gasteiger partial charge in [-0.2, -0.15) is 0 Å². The van der Waals surface area contributed by atoms with Crippen LogP contribution < -0.4 is 30.4 Å². The monoisotopic (exact) mass is 674 g/mol. The van der Waals surface area contributed by atoms with Gasteiger partial charge in [-0.1, -0.05) is 36.4 Å². The van der Waals surface area contributed by atoms with Crippen LogP contribution in [0.1, 0.15) is 37.3 Å². The Morgan fingerprint density at radius 3 is 1.54 bits per heavy atom. The molecular formula is C30H32N4O10S2. The fourth-order valence-electron chi connectivity index (χ4n) is 3.95. The number of carbonyl (C=O) groups is 2. The van der Waals surface area contributed by atoms with E-state index in [4.69, 9.17) is 33.3 Å². The number of carboxylic acid groups (broad SMARTS) is 2. The Kier molecular flexibility index (Phi) is 10.3. The highest BCUT2D eigenvalue weighted by molar-refractivity contribution is 7.89. The van der Waals surface area contributed by atoms with Gasteiger partial charge in [-0.3, -0.25) is 0 Å². The van der Waals surface area contributed by atoms with E-state index in [-0.39, 0.29) is 40.5 Å². The molecule has 0 aliphatic heterocycles. The fraction of sp³-hybridized carbons (Fsp3) is 0.133. The van der Waals surface area contributed by atoms with Gasteiger partial charge < -0.3 is 30.3 Å². The predicted octanol–water partition coefficient (Wildman–Crippen LogP) is 4.08. The number of hydrogen-bond donors (Lipinski definition) is 5. The molecule has 8 N–H and O–H groups in total. The zero-order valence-corrected chi connectivity index (χ0v) is 26.1. The van der Waals surface area contributed by atoms with E-state index >= 15 is 0 Å². The van der Waals surface area contributed by atoms with Gasteiger partial charge >= 0.3 is 11.9 Å². The number of sulfonamides is 2. The largest absolute Gasteiger partial charge is 0.478 e. The second kappa shape index (κ2) is 14.7. The van der Waals surface area contributed by atoms with Crippen LogP contribution in [-0.2, 0) is 20.0 Å². The van der Waals surface area contributed by atoms with Gasteiger partial charge in [0.25, 0.3) is 0 Å². The Balaban J connectivity index is 0.000000269. The van der Waals surface area contributed by atoms with Crippen LogP contribution in [0.25, 0.3) is 0 Å². The van der Waals surface area contributed by atoms with Gasteiger partial charge in [0.05, 0.1) is 22.5 Å². The minimum absolute atomic E-state index is 0.0298. The van der Waals surface area contributed by atoms with Gasteiger partial charge in [0.2, 0.25) is 20.0 Å². The Hall–Kier alpha value is -5.16. The normalized spacial score (nSPS) is 12.1. The Morgan fingerprint density at radius 2 is 1.15 bits per heavy atom. The molecule has 0 bridgehead atoms. The van der Waals surface area contributed by atoms with Crippen LogP contribution in [0.2, 0.25) is 0 Å². The molecule has 0 heterocycles. The fourth-order valence-corrected chi connectivity index (χ4v) is 5.36. The Labute approximate surface area is 268 Å². The molecule has 4 rings (SSSR count). The van der Waals surface area contributed by atoms with Crippen molar-refractivity contribution in [2.75, 3.05) is 23.7 Å². The van der Waals surface area contributed by atoms with Gasteiger partial charge in [0.15, 0.2) is 11.5 Å². The summed E-state index contributed by atoms with van der Waals surface area (Å²) in [5.41, 5.74) is 4.89. The lowest BCUT2D eigenvalue weighted by atomic mass is 10.1. The number of nitrogens with zero attached hydrogens (tertiary/aromatic N) is 1. The third-order valence-corrected chi connectivity index (χ3v) is 7.86. The maximum Gasteiger partial charge on any atom is 0.335 e. The summed E-state index contributed by atoms with van der Waals surface area (Å²) >= 11 is 0. The van der Waals surface area contributed by atoms with E-state index in [1.165, 1.54) is 17.9 Å². The first-order valence-electron chi connectivity index (χ1n) is 14.1. The van der Waals surface area contributed by atoms with Crippen molar-refractivity contribution in [3.63, 3.8) is 0 Å². The highest BCUT2D eigenvalue weighted by atomic mass is 32.2. The molecule has 46 heavy (non-hydrogen) atoms. The van der Waals surface area contributed by atoms with Gasteiger partial charge in [-0.05, 0) is 62.4 Å². The lowest BCUT2D eigenvalue weighted by molar-refractivity contribution is 0.0685. The highest BCUT2D eigenvalue weighted by Crippen LogP contribution is 2.39. The van der Waals surface area contributed by atoms with Crippen LogP contribution >= 0.6 is 0 Å². The first-order valence-corrected chi connectivity index (χ1v) is 16.2. The highest BCUT2D eigenvalue weighted by Gasteiger charge is 2.26. The van der Waals surface area contributed by atoms with E-state index in [9.17, 15) is 31.5 Å². The van der Waals surface area contributed by atoms with E-state index in [0.717, 1.165) is 18.2 Å². The van der Waals surface area contributed by atoms with E-state index in [1.807, 2.05) is 0 Å². The van der Waals surface area contributed by atoms with E-state index in [0.29, 0.717) is 11.5 Å². The van der Waals surface area contributed by atoms with E-state index in [1.54, 1.807) is 67.6 Å². The third kappa shape index (κ3) is 8.95. The van der Waals surface area contributed by atoms with Crippen LogP contribution in [0.4, 0.5) is 11.4 Å². The summed E-state index contributed by atoms with van der Waals surface area (Å²) in [7, 11) is -8.56. The van der Waals surface area contributed by atoms with Crippen molar-refractivity contribution in [3.05, 3.63) is 96.1 Å². The van der Waals surface area contributed by atoms with E-state index < -0.39 is 48.3 Å². The second-order valence-electron chi connectivity index (χ2n) is 9.21. The van der Waals surface area contributed by atoms with Gasteiger partial charge in [0, 0.05) is 15.8 Å². The van der Waals surface area contributed by atoms with Gasteiger partial charge in [0.1, 0.15) is 21.3 Å². The van der Waals surface area contributed by atoms with Crippen molar-refractivity contribution >= 4 is 43.4 Å². The molecule has 0 amide bonds. The average Bonchev–Trinajstić information content (AvgIpc) is 2.98. The van der Waals surface area contributed by atoms with Crippen LogP contribution in [0.15, 0.2) is 94.7 Å². The summed E-state index contributed by atoms with van der Waals surface area (Å²) in [6.45, 7) is 1.13. The molecule has 0 aromatic heterocycles. The summed E-state index contributed by atoms with van der Waals surface area (Å²) in [6.07, 6.45) is 0. The number of rotatable bonds is 11. The zero-order valence-electron chi connectivity index (χ0n) is 26.4. The number of para-hydroxylation sites is 2. The number of nitrogen functional groups attached to an aromatic ring is 1. The molecule has 0 spiro atoms. The quantitative estimate of drug-likeness (QED) is 0.141. The number of hydrogen-bond acceptors (Lipinski definition) is 10. The van der Waals surface area contributed by atoms with Crippen molar-refractivity contribution in [2.45, 2.75) is 23.6 Å². The Bertz CT molecular complexity index is 2030. The SMILES string of the molecule is Nc1cc(C(=O)O)cc(S(N)(=O)=O)c1Oc1ccccc1.[2H]C([2H])(C)N(CC)c1cc(C(=O)O)cc(S(N)(=O)=O)c1Oc1ccccc1. The molecule has 0 atom stereocenters. The second-order valence-corrected chi connectivity index (χ2v) is 12.3. The molecule has 0 saturated heterocycles. The standard InChI is InChI=1S/C17H20N2O5S.C13H12N2O5S/c1-3-19(4-2)14-10-12(17(20)21)11-15(25(18,22)23)16(14)24-13-8-6-5-7-9-13;14-10-6-8(13(16)17)7-11(21(15,18)19)12(10)20-9-4-2-1-3-5-9/h5-11H,3-4H2,1-2H3,(H,20,21)(H2,18,22,23);1-7H,14H2,(H,16,17)(H2,15,18,19)/i3D2;. The molecule has 16 heteroatoms. The van der Waals surface area contributed by atoms with Crippen molar-refractivity contribution in [3.8, 4) is 23.0 Å². The van der Waals surface area contributed by atoms with Crippen LogP contribution in [0.3, 0.4) is 0 Å². The first kappa shape index (κ1) is 32.2. The van der Waals surface area contributed by atoms with Crippen molar-refractivity contribution in [1.82, 2.24) is 0 Å². The van der Waals surface area contributed by atoms with Gasteiger partial charge in [-0.15, -0.1) is 0 Å². The molecule has 244 valence electrons. The molecule has 0 radical (unpaired) electrons. The Morgan fingerprint density at radius 1 is 0.739 bits per heavy atom. The minimum atomic E-state index is -4.36. The molecule has 4 aromatic rings. The summed E-state index contributed by atoms with van der Waals surface area (Å²) in [5, 5.41) is 28.7. The molecule has 14 nitrogen and oxygen atoms in total. The van der Waals surface area contributed by atoms with Gasteiger partial charge in [-0.25, -0.2) is 36.7 Å². The number of nitrogens with two attached hydrogens (primary N) is 3. The van der Waals surface area contributed by atoms with Crippen LogP contribution in [0.5, 0.6) is 23.0 Å². The molecule has 0 saturated carbocycles. The summed E-state index contributed by atoms with van der Waals surface area (Å²) < 4.78 is 74.7. The topological polar surface area (TPSA) is 243 Å². The van der Waals surface area contributed by atoms with Crippen LogP contribution in [-0.4, -0.2) is 52.0 Å². The predicted molar refractivity (Wildman–Crippen MR) is 171 cm³/mol. The number of benzene rings is 4. The number of anilines is 2. The maximum absolute atomic E-state index is 12.1. The molecular weight excluding hydrogens is 640 g/mol. The zero-order chi connectivity index (χ0) is 36.0. The minimum Gasteiger partial charge on any atom is -0.478 e. The molecule has 0 fully saturated rings. The van der Waals surface area contributed by atoms with Crippen molar-refractivity contribution < 1.29 is 48.9 Å². The number of carboxylic acids is 2. The van der Waals surface area contributed by atoms with E-state index in [2.05, 4.69) is 0 Å². The molecule has 4 aromatic carbocycles. The number of ether oxygens (including phenoxy) is 2. The average molecular weight is 675 g/mol. The summed E-state index contributed by atoms with van der Waals surface area (Å²) in [6, 6.07) is 20.7. The molecule has 0 aliphatic rings. The lowest BCUT2D eigenvalue weighted by Crippen LogP contribution is -2.24. The van der Waals surface area contributed by atoms with Crippen molar-refractivity contribution in [1.29, 1.82) is 0 Å².